The number of ether oxygens (including phenoxy) is 1. The van der Waals surface area contributed by atoms with Crippen molar-refractivity contribution in [1.82, 2.24) is 10.6 Å². The summed E-state index contributed by atoms with van der Waals surface area (Å²) in [4.78, 5) is 4.78. The van der Waals surface area contributed by atoms with E-state index in [9.17, 15) is 0 Å². The Morgan fingerprint density at radius 2 is 2.00 bits per heavy atom. The van der Waals surface area contributed by atoms with Gasteiger partial charge >= 0.3 is 0 Å². The van der Waals surface area contributed by atoms with Crippen molar-refractivity contribution in [3.8, 4) is 5.75 Å². The number of para-hydroxylation sites is 1. The van der Waals surface area contributed by atoms with Gasteiger partial charge in [0.1, 0.15) is 5.75 Å². The number of halogens is 1. The highest BCUT2D eigenvalue weighted by molar-refractivity contribution is 14.0. The molecule has 0 radical (unpaired) electrons. The SMILES string of the molecule is CCNC(=NCC(CC)CC)NC1CCOc2ccccc21.I. The summed E-state index contributed by atoms with van der Waals surface area (Å²) in [5.74, 6) is 2.57. The summed E-state index contributed by atoms with van der Waals surface area (Å²) < 4.78 is 5.73. The maximum absolute atomic E-state index is 5.73. The minimum atomic E-state index is 0. The van der Waals surface area contributed by atoms with E-state index in [1.54, 1.807) is 0 Å². The minimum absolute atomic E-state index is 0. The van der Waals surface area contributed by atoms with Gasteiger partial charge in [-0.05, 0) is 18.9 Å². The summed E-state index contributed by atoms with van der Waals surface area (Å²) in [6.07, 6.45) is 3.32. The molecule has 2 rings (SSSR count). The highest BCUT2D eigenvalue weighted by Gasteiger charge is 2.21. The number of nitrogens with one attached hydrogen (secondary N) is 2. The molecule has 1 aromatic carbocycles. The standard InChI is InChI=1S/C18H29N3O.HI/c1-4-14(5-2)13-20-18(19-6-3)21-16-11-12-22-17-10-8-7-9-15(16)17;/h7-10,14,16H,4-6,11-13H2,1-3H3,(H2,19,20,21);1H. The molecule has 0 bridgehead atoms. The topological polar surface area (TPSA) is 45.7 Å². The zero-order valence-corrected chi connectivity index (χ0v) is 16.8. The van der Waals surface area contributed by atoms with Crippen molar-refractivity contribution in [2.45, 2.75) is 46.1 Å². The maximum Gasteiger partial charge on any atom is 0.191 e. The van der Waals surface area contributed by atoms with E-state index in [4.69, 9.17) is 9.73 Å². The van der Waals surface area contributed by atoms with Crippen LogP contribution in [0.2, 0.25) is 0 Å². The van der Waals surface area contributed by atoms with E-state index in [0.717, 1.165) is 37.8 Å². The van der Waals surface area contributed by atoms with Gasteiger partial charge in [-0.25, -0.2) is 0 Å². The number of hydrogen-bond acceptors (Lipinski definition) is 2. The van der Waals surface area contributed by atoms with Crippen molar-refractivity contribution in [2.24, 2.45) is 10.9 Å². The number of guanidine groups is 1. The first-order valence-electron chi connectivity index (χ1n) is 8.55. The molecular formula is C18H30IN3O. The smallest absolute Gasteiger partial charge is 0.191 e. The van der Waals surface area contributed by atoms with E-state index in [-0.39, 0.29) is 30.0 Å². The second-order valence-corrected chi connectivity index (χ2v) is 5.77. The first-order chi connectivity index (χ1) is 10.8. The number of benzene rings is 1. The van der Waals surface area contributed by atoms with Crippen molar-refractivity contribution >= 4 is 29.9 Å². The first-order valence-corrected chi connectivity index (χ1v) is 8.55. The Morgan fingerprint density at radius 1 is 1.26 bits per heavy atom. The molecule has 0 aliphatic carbocycles. The Kier molecular flexibility index (Phi) is 9.36. The van der Waals surface area contributed by atoms with Crippen LogP contribution in [0.15, 0.2) is 29.3 Å². The van der Waals surface area contributed by atoms with Crippen LogP contribution in [0.5, 0.6) is 5.75 Å². The zero-order chi connectivity index (χ0) is 15.8. The summed E-state index contributed by atoms with van der Waals surface area (Å²) in [7, 11) is 0. The summed E-state index contributed by atoms with van der Waals surface area (Å²) >= 11 is 0. The molecule has 5 heteroatoms. The van der Waals surface area contributed by atoms with Crippen LogP contribution in [-0.4, -0.2) is 25.7 Å². The van der Waals surface area contributed by atoms with Gasteiger partial charge in [-0.15, -0.1) is 24.0 Å². The minimum Gasteiger partial charge on any atom is -0.493 e. The molecule has 0 saturated carbocycles. The Morgan fingerprint density at radius 3 is 2.70 bits per heavy atom. The van der Waals surface area contributed by atoms with E-state index in [1.807, 2.05) is 12.1 Å². The molecule has 23 heavy (non-hydrogen) atoms. The van der Waals surface area contributed by atoms with Crippen molar-refractivity contribution in [1.29, 1.82) is 0 Å². The first kappa shape index (κ1) is 20.1. The largest absolute Gasteiger partial charge is 0.493 e. The number of aliphatic imine (C=N–C) groups is 1. The summed E-state index contributed by atoms with van der Waals surface area (Å²) in [5, 5.41) is 6.94. The van der Waals surface area contributed by atoms with Gasteiger partial charge in [-0.2, -0.15) is 0 Å². The Labute approximate surface area is 157 Å². The average Bonchev–Trinajstić information content (AvgIpc) is 2.56. The predicted molar refractivity (Wildman–Crippen MR) is 108 cm³/mol. The lowest BCUT2D eigenvalue weighted by Crippen LogP contribution is -2.41. The van der Waals surface area contributed by atoms with Gasteiger partial charge in [0.2, 0.25) is 0 Å². The van der Waals surface area contributed by atoms with Gasteiger partial charge in [0.15, 0.2) is 5.96 Å². The van der Waals surface area contributed by atoms with Gasteiger partial charge in [0.25, 0.3) is 0 Å². The fraction of sp³-hybridized carbons (Fsp3) is 0.611. The molecular weight excluding hydrogens is 401 g/mol. The fourth-order valence-electron chi connectivity index (χ4n) is 2.74. The Balaban J connectivity index is 0.00000264. The molecule has 0 spiro atoms. The Hall–Kier alpha value is -0.980. The van der Waals surface area contributed by atoms with Crippen molar-refractivity contribution in [2.75, 3.05) is 19.7 Å². The van der Waals surface area contributed by atoms with Crippen molar-refractivity contribution in [3.05, 3.63) is 29.8 Å². The second-order valence-electron chi connectivity index (χ2n) is 5.77. The van der Waals surface area contributed by atoms with Crippen LogP contribution < -0.4 is 15.4 Å². The summed E-state index contributed by atoms with van der Waals surface area (Å²) in [6, 6.07) is 8.53. The quantitative estimate of drug-likeness (QED) is 0.405. The number of rotatable bonds is 6. The number of nitrogens with zero attached hydrogens (tertiary/aromatic N) is 1. The third-order valence-electron chi connectivity index (χ3n) is 4.28. The van der Waals surface area contributed by atoms with Crippen molar-refractivity contribution in [3.63, 3.8) is 0 Å². The molecule has 0 amide bonds. The van der Waals surface area contributed by atoms with Gasteiger partial charge in [-0.1, -0.05) is 44.9 Å². The molecule has 0 saturated heterocycles. The highest BCUT2D eigenvalue weighted by Crippen LogP contribution is 2.31. The molecule has 1 aliphatic heterocycles. The lowest BCUT2D eigenvalue weighted by atomic mass is 10.0. The number of fused-ring (bicyclic) bond motifs is 1. The summed E-state index contributed by atoms with van der Waals surface area (Å²) in [6.45, 7) is 9.08. The average molecular weight is 431 g/mol. The second kappa shape index (κ2) is 10.7. The van der Waals surface area contributed by atoms with Crippen LogP contribution in [0, 0.1) is 5.92 Å². The third-order valence-corrected chi connectivity index (χ3v) is 4.28. The van der Waals surface area contributed by atoms with E-state index in [2.05, 4.69) is 43.5 Å². The van der Waals surface area contributed by atoms with Crippen LogP contribution in [0.1, 0.15) is 51.6 Å². The Bertz CT molecular complexity index is 489. The zero-order valence-electron chi connectivity index (χ0n) is 14.5. The molecule has 2 N–H and O–H groups in total. The van der Waals surface area contributed by atoms with E-state index in [1.165, 1.54) is 18.4 Å². The fourth-order valence-corrected chi connectivity index (χ4v) is 2.74. The van der Waals surface area contributed by atoms with Gasteiger partial charge in [0.05, 0.1) is 12.6 Å². The highest BCUT2D eigenvalue weighted by atomic mass is 127. The van der Waals surface area contributed by atoms with Crippen LogP contribution in [0.25, 0.3) is 0 Å². The molecule has 1 heterocycles. The lowest BCUT2D eigenvalue weighted by molar-refractivity contribution is 0.261. The van der Waals surface area contributed by atoms with Crippen molar-refractivity contribution < 1.29 is 4.74 Å². The third kappa shape index (κ3) is 5.86. The van der Waals surface area contributed by atoms with Crippen LogP contribution >= 0.6 is 24.0 Å². The molecule has 1 atom stereocenters. The molecule has 130 valence electrons. The molecule has 1 aliphatic rings. The van der Waals surface area contributed by atoms with Crippen LogP contribution in [-0.2, 0) is 0 Å². The lowest BCUT2D eigenvalue weighted by Gasteiger charge is -2.28. The molecule has 1 aromatic rings. The summed E-state index contributed by atoms with van der Waals surface area (Å²) in [5.41, 5.74) is 1.22. The van der Waals surface area contributed by atoms with E-state index < -0.39 is 0 Å². The predicted octanol–water partition coefficient (Wildman–Crippen LogP) is 4.12. The van der Waals surface area contributed by atoms with E-state index >= 15 is 0 Å². The van der Waals surface area contributed by atoms with Gasteiger partial charge in [0, 0.05) is 25.1 Å². The van der Waals surface area contributed by atoms with E-state index in [0.29, 0.717) is 5.92 Å². The molecule has 4 nitrogen and oxygen atoms in total. The maximum atomic E-state index is 5.73. The number of hydrogen-bond donors (Lipinski definition) is 2. The molecule has 1 unspecified atom stereocenters. The van der Waals surface area contributed by atoms with Gasteiger partial charge in [-0.3, -0.25) is 4.99 Å². The van der Waals surface area contributed by atoms with Gasteiger partial charge < -0.3 is 15.4 Å². The molecule has 0 fully saturated rings. The molecule has 0 aromatic heterocycles. The normalized spacial score (nSPS) is 17.0. The van der Waals surface area contributed by atoms with Crippen LogP contribution in [0.4, 0.5) is 0 Å². The van der Waals surface area contributed by atoms with Crippen LogP contribution in [0.3, 0.4) is 0 Å². The monoisotopic (exact) mass is 431 g/mol.